The Kier molecular flexibility index (Phi) is 11.8. The highest BCUT2D eigenvalue weighted by molar-refractivity contribution is 6.28. The molecule has 0 nitrogen and oxygen atoms in total. The van der Waals surface area contributed by atoms with Gasteiger partial charge in [-0.2, -0.15) is 0 Å². The zero-order valence-corrected chi connectivity index (χ0v) is 44.3. The van der Waals surface area contributed by atoms with Gasteiger partial charge in [-0.25, -0.2) is 0 Å². The molecule has 0 saturated heterocycles. The molecule has 0 amide bonds. The lowest BCUT2D eigenvalue weighted by atomic mass is 9.81. The number of hydrogen-bond acceptors (Lipinski definition) is 0. The third-order valence-corrected chi connectivity index (χ3v) is 16.4. The number of rotatable bonds is 9. The van der Waals surface area contributed by atoms with Crippen LogP contribution in [0.1, 0.15) is 61.6 Å². The van der Waals surface area contributed by atoms with Crippen LogP contribution in [0.5, 0.6) is 0 Å². The van der Waals surface area contributed by atoms with Crippen molar-refractivity contribution in [2.75, 3.05) is 0 Å². The van der Waals surface area contributed by atoms with Crippen molar-refractivity contribution in [3.8, 4) is 66.8 Å². The van der Waals surface area contributed by atoms with E-state index in [1.807, 2.05) is 0 Å². The fraction of sp³-hybridized carbons (Fsp3) is 0.105. The van der Waals surface area contributed by atoms with Crippen LogP contribution in [0, 0.1) is 41.5 Å². The Hall–Kier alpha value is -8.84. The molecule has 2 aliphatic rings. The standard InChI is InChI=1S/C76H60/c1-47-40-58(54-24-9-7-10-25-54)44-60(42-47)72-63-31-15-16-32-64(63)73(61-43-48(2)41-59(45-61)55-26-11-8-12-27-55)76-68-39-38-66-69(46-57-35-37-67(75(72)76)74(68)71(57)66)65(70-51(5)22-18-23-52(70)6)36-34-56-29-14-13-28-53(56)30-19-33-62-49(3)20-17-21-50(62)4/h7-45,69H,46H2,1-6H3. The molecule has 1 unspecified atom stereocenters. The Labute approximate surface area is 448 Å². The molecular formula is C76H60. The number of benzene rings is 11. The van der Waals surface area contributed by atoms with Crippen LogP contribution in [0.3, 0.4) is 0 Å². The first-order valence-electron chi connectivity index (χ1n) is 27.0. The van der Waals surface area contributed by atoms with Crippen LogP contribution in [0.25, 0.3) is 112 Å². The van der Waals surface area contributed by atoms with Gasteiger partial charge in [-0.15, -0.1) is 0 Å². The Balaban J connectivity index is 1.05. The zero-order chi connectivity index (χ0) is 51.6. The van der Waals surface area contributed by atoms with E-state index in [1.165, 1.54) is 160 Å². The largest absolute Gasteiger partial charge is 0.0622 e. The van der Waals surface area contributed by atoms with Gasteiger partial charge < -0.3 is 0 Å². The van der Waals surface area contributed by atoms with Crippen molar-refractivity contribution in [2.24, 2.45) is 0 Å². The highest BCUT2D eigenvalue weighted by Gasteiger charge is 2.36. The number of hydrogen-bond donors (Lipinski definition) is 0. The lowest BCUT2D eigenvalue weighted by Gasteiger charge is -2.22. The average molecular weight is 973 g/mol. The van der Waals surface area contributed by atoms with Crippen molar-refractivity contribution in [1.82, 2.24) is 0 Å². The molecule has 0 aliphatic heterocycles. The van der Waals surface area contributed by atoms with Crippen LogP contribution in [-0.4, -0.2) is 0 Å². The normalized spacial score (nSPS) is 14.2. The molecule has 0 heterocycles. The van der Waals surface area contributed by atoms with E-state index < -0.39 is 0 Å². The second-order valence-corrected chi connectivity index (χ2v) is 21.5. The van der Waals surface area contributed by atoms with E-state index in [0.29, 0.717) is 0 Å². The van der Waals surface area contributed by atoms with Gasteiger partial charge in [0, 0.05) is 5.92 Å². The van der Waals surface area contributed by atoms with E-state index in [1.54, 1.807) is 0 Å². The van der Waals surface area contributed by atoms with Crippen molar-refractivity contribution in [2.45, 2.75) is 53.9 Å². The monoisotopic (exact) mass is 972 g/mol. The summed E-state index contributed by atoms with van der Waals surface area (Å²) in [4.78, 5) is 0. The Morgan fingerprint density at radius 1 is 0.395 bits per heavy atom. The average Bonchev–Trinajstić information content (AvgIpc) is 4.21. The molecule has 0 bridgehead atoms. The lowest BCUT2D eigenvalue weighted by Crippen LogP contribution is -2.23. The third kappa shape index (κ3) is 8.08. The summed E-state index contributed by atoms with van der Waals surface area (Å²) in [5.41, 5.74) is 29.9. The molecule has 0 fully saturated rings. The fourth-order valence-electron chi connectivity index (χ4n) is 13.1. The predicted molar refractivity (Wildman–Crippen MR) is 327 cm³/mol. The van der Waals surface area contributed by atoms with Crippen LogP contribution in [-0.2, 0) is 6.42 Å². The minimum atomic E-state index is 0.160. The van der Waals surface area contributed by atoms with Crippen molar-refractivity contribution in [1.29, 1.82) is 0 Å². The predicted octanol–water partition coefficient (Wildman–Crippen LogP) is 18.9. The van der Waals surface area contributed by atoms with Gasteiger partial charge in [0.05, 0.1) is 0 Å². The number of aryl methyl sites for hydroxylation is 6. The lowest BCUT2D eigenvalue weighted by molar-refractivity contribution is 0.900. The van der Waals surface area contributed by atoms with Crippen molar-refractivity contribution in [3.63, 3.8) is 0 Å². The Morgan fingerprint density at radius 3 is 1.45 bits per heavy atom. The van der Waals surface area contributed by atoms with Crippen LogP contribution >= 0.6 is 0 Å². The quantitative estimate of drug-likeness (QED) is 0.135. The summed E-state index contributed by atoms with van der Waals surface area (Å²) in [6.07, 6.45) is 12.5. The SMILES string of the molecule is Cc1cc(-c2ccccc2)cc(-c2c3c(c(-c4cc(C)cc(-c5ccccc5)c4)c4ccccc24)-c2ccc4c5c(ccc-3c25)CC4C(=CC=c2ccccc2=CC=Cc2c(C)cccc2C)c2c(C)cccc2C)c1. The highest BCUT2D eigenvalue weighted by atomic mass is 14.4. The van der Waals surface area contributed by atoms with E-state index in [9.17, 15) is 0 Å². The third-order valence-electron chi connectivity index (χ3n) is 16.4. The van der Waals surface area contributed by atoms with Gasteiger partial charge in [0.15, 0.2) is 0 Å². The summed E-state index contributed by atoms with van der Waals surface area (Å²) in [7, 11) is 0. The number of fused-ring (bicyclic) bond motifs is 4. The molecule has 2 aliphatic carbocycles. The smallest absolute Gasteiger partial charge is 0.0142 e. The maximum Gasteiger partial charge on any atom is 0.0142 e. The number of allylic oxidation sites excluding steroid dienone is 3. The van der Waals surface area contributed by atoms with Crippen LogP contribution in [0.15, 0.2) is 218 Å². The molecule has 11 aromatic carbocycles. The van der Waals surface area contributed by atoms with Crippen molar-refractivity contribution < 1.29 is 0 Å². The molecule has 0 heteroatoms. The van der Waals surface area contributed by atoms with Gasteiger partial charge in [0.1, 0.15) is 0 Å². The topological polar surface area (TPSA) is 0 Å². The zero-order valence-electron chi connectivity index (χ0n) is 44.3. The molecule has 0 spiro atoms. The van der Waals surface area contributed by atoms with Gasteiger partial charge in [0.2, 0.25) is 0 Å². The minimum absolute atomic E-state index is 0.160. The summed E-state index contributed by atoms with van der Waals surface area (Å²) in [6.45, 7) is 13.5. The molecule has 0 radical (unpaired) electrons. The van der Waals surface area contributed by atoms with Crippen molar-refractivity contribution in [3.05, 3.63) is 284 Å². The van der Waals surface area contributed by atoms with Gasteiger partial charge in [-0.3, -0.25) is 0 Å². The summed E-state index contributed by atoms with van der Waals surface area (Å²) in [6, 6.07) is 77.4. The Morgan fingerprint density at radius 2 is 0.882 bits per heavy atom. The first kappa shape index (κ1) is 46.9. The van der Waals surface area contributed by atoms with Crippen LogP contribution in [0.2, 0.25) is 0 Å². The molecule has 76 heavy (non-hydrogen) atoms. The Bertz CT molecular complexity index is 4170. The molecule has 364 valence electrons. The molecule has 0 N–H and O–H groups in total. The fourth-order valence-corrected chi connectivity index (χ4v) is 13.1. The first-order valence-corrected chi connectivity index (χ1v) is 27.0. The van der Waals surface area contributed by atoms with Gasteiger partial charge in [0.25, 0.3) is 0 Å². The van der Waals surface area contributed by atoms with E-state index in [4.69, 9.17) is 0 Å². The molecule has 11 aromatic rings. The minimum Gasteiger partial charge on any atom is -0.0622 e. The second-order valence-electron chi connectivity index (χ2n) is 21.5. The summed E-state index contributed by atoms with van der Waals surface area (Å²) < 4.78 is 0. The second kappa shape index (κ2) is 19.1. The van der Waals surface area contributed by atoms with Crippen LogP contribution < -0.4 is 10.4 Å². The molecular weight excluding hydrogens is 913 g/mol. The summed E-state index contributed by atoms with van der Waals surface area (Å²) >= 11 is 0. The van der Waals surface area contributed by atoms with Gasteiger partial charge in [-0.05, 0) is 220 Å². The maximum atomic E-state index is 2.50. The highest BCUT2D eigenvalue weighted by Crippen LogP contribution is 2.61. The van der Waals surface area contributed by atoms with E-state index in [2.05, 4.69) is 278 Å². The van der Waals surface area contributed by atoms with E-state index in [0.717, 1.165) is 6.42 Å². The molecule has 1 atom stereocenters. The first-order chi connectivity index (χ1) is 37.2. The molecule has 0 saturated carbocycles. The summed E-state index contributed by atoms with van der Waals surface area (Å²) in [5.74, 6) is 0.160. The van der Waals surface area contributed by atoms with Crippen LogP contribution in [0.4, 0.5) is 0 Å². The summed E-state index contributed by atoms with van der Waals surface area (Å²) in [5, 5.41) is 7.76. The van der Waals surface area contributed by atoms with E-state index >= 15 is 0 Å². The van der Waals surface area contributed by atoms with E-state index in [-0.39, 0.29) is 5.92 Å². The molecule has 0 aromatic heterocycles. The van der Waals surface area contributed by atoms with Crippen molar-refractivity contribution >= 4 is 45.3 Å². The molecule has 13 rings (SSSR count). The van der Waals surface area contributed by atoms with Gasteiger partial charge in [-0.1, -0.05) is 225 Å². The maximum absolute atomic E-state index is 2.50. The van der Waals surface area contributed by atoms with Gasteiger partial charge >= 0.3 is 0 Å².